The highest BCUT2D eigenvalue weighted by Gasteiger charge is 2.35. The van der Waals surface area contributed by atoms with Crippen LogP contribution in [0.3, 0.4) is 0 Å². The summed E-state index contributed by atoms with van der Waals surface area (Å²) in [7, 11) is 1.40. The molecular weight excluding hydrogens is 607 g/mol. The summed E-state index contributed by atoms with van der Waals surface area (Å²) in [5.41, 5.74) is -1.12. The van der Waals surface area contributed by atoms with Gasteiger partial charge >= 0.3 is 18.5 Å². The van der Waals surface area contributed by atoms with Crippen molar-refractivity contribution in [2.45, 2.75) is 78.0 Å². The number of alkyl halides is 3. The number of thiazole rings is 1. The molecule has 1 saturated heterocycles. The van der Waals surface area contributed by atoms with Crippen molar-refractivity contribution in [3.8, 4) is 5.75 Å². The number of benzene rings is 1. The topological polar surface area (TPSA) is 131 Å². The number of anilines is 1. The van der Waals surface area contributed by atoms with Gasteiger partial charge in [0.25, 0.3) is 0 Å². The van der Waals surface area contributed by atoms with Gasteiger partial charge in [0.2, 0.25) is 11.8 Å². The van der Waals surface area contributed by atoms with Gasteiger partial charge in [-0.05, 0) is 66.5 Å². The fraction of sp³-hybridized carbons (Fsp3) is 0.607. The quantitative estimate of drug-likeness (QED) is 0.434. The number of likely N-dealkylation sites (N-methyl/N-ethyl adjacent to an activating group) is 1. The van der Waals surface area contributed by atoms with Crippen LogP contribution in [0.2, 0.25) is 0 Å². The van der Waals surface area contributed by atoms with Gasteiger partial charge in [0.1, 0.15) is 23.5 Å². The maximum Gasteiger partial charge on any atom is 0.573 e. The number of fused-ring (bicyclic) bond motifs is 1. The van der Waals surface area contributed by atoms with Crippen LogP contribution in [-0.4, -0.2) is 101 Å². The Hall–Kier alpha value is -3.82. The number of hydrogen-bond donors (Lipinski definition) is 1. The van der Waals surface area contributed by atoms with Gasteiger partial charge < -0.3 is 29.3 Å². The number of aromatic nitrogens is 1. The number of nitrogens with one attached hydrogen (secondary N) is 1. The van der Waals surface area contributed by atoms with E-state index in [9.17, 15) is 32.3 Å². The highest BCUT2D eigenvalue weighted by atomic mass is 32.1. The first-order chi connectivity index (χ1) is 20.2. The average Bonchev–Trinajstić information content (AvgIpc) is 3.25. The van der Waals surface area contributed by atoms with Crippen molar-refractivity contribution in [1.29, 1.82) is 0 Å². The van der Waals surface area contributed by atoms with E-state index in [1.165, 1.54) is 18.0 Å². The summed E-state index contributed by atoms with van der Waals surface area (Å²) in [6.45, 7) is 10.3. The van der Waals surface area contributed by atoms with E-state index in [-0.39, 0.29) is 18.2 Å². The minimum absolute atomic E-state index is 0.127. The number of ether oxygens (including phenoxy) is 3. The molecule has 0 aliphatic carbocycles. The predicted molar refractivity (Wildman–Crippen MR) is 156 cm³/mol. The Morgan fingerprint density at radius 1 is 1.00 bits per heavy atom. The molecule has 1 fully saturated rings. The van der Waals surface area contributed by atoms with Crippen LogP contribution in [0.1, 0.15) is 54.4 Å². The number of nitrogens with zero attached hydrogens (tertiary/aromatic N) is 4. The SMILES string of the molecule is CN(CC(=O)Nc1nc2ccc(OC(F)(F)F)cc2s1)C(=O)CN(C(=O)OC(C)(C)C)C1CCN(C(=O)OC(C)(C)C)CC1. The third-order valence-electron chi connectivity index (χ3n) is 6.14. The molecule has 1 aromatic carbocycles. The van der Waals surface area contributed by atoms with E-state index < -0.39 is 53.4 Å². The molecule has 0 bridgehead atoms. The lowest BCUT2D eigenvalue weighted by Crippen LogP contribution is -2.53. The lowest BCUT2D eigenvalue weighted by Gasteiger charge is -2.39. The van der Waals surface area contributed by atoms with E-state index in [0.717, 1.165) is 28.4 Å². The van der Waals surface area contributed by atoms with E-state index in [1.807, 2.05) is 0 Å². The number of piperidine rings is 1. The zero-order valence-corrected chi connectivity index (χ0v) is 26.6. The van der Waals surface area contributed by atoms with Crippen LogP contribution in [0.4, 0.5) is 27.9 Å². The molecular formula is C28H38F3N5O7S. The second-order valence-corrected chi connectivity index (χ2v) is 13.3. The highest BCUT2D eigenvalue weighted by Crippen LogP contribution is 2.31. The Bertz CT molecular complexity index is 1360. The standard InChI is InChI=1S/C28H38F3N5O7S/c1-26(2,3)42-24(39)35-12-10-17(11-13-35)36(25(40)43-27(4,5)6)16-22(38)34(7)15-21(37)33-23-32-19-9-8-18(14-20(19)44-23)41-28(29,30)31/h8-9,14,17H,10-13,15-16H2,1-7H3,(H,32,33,37). The summed E-state index contributed by atoms with van der Waals surface area (Å²) in [4.78, 5) is 59.7. The average molecular weight is 646 g/mol. The zero-order chi connectivity index (χ0) is 33.0. The molecule has 244 valence electrons. The fourth-order valence-electron chi connectivity index (χ4n) is 4.23. The Morgan fingerprint density at radius 2 is 1.61 bits per heavy atom. The van der Waals surface area contributed by atoms with Gasteiger partial charge in [0, 0.05) is 32.2 Å². The monoisotopic (exact) mass is 645 g/mol. The second kappa shape index (κ2) is 13.4. The molecule has 0 unspecified atom stereocenters. The Kier molecular flexibility index (Phi) is 10.6. The van der Waals surface area contributed by atoms with Crippen molar-refractivity contribution < 1.29 is 46.6 Å². The molecule has 16 heteroatoms. The molecule has 0 saturated carbocycles. The normalized spacial score (nSPS) is 14.6. The number of likely N-dealkylation sites (tertiary alicyclic amines) is 1. The van der Waals surface area contributed by atoms with Crippen molar-refractivity contribution in [3.05, 3.63) is 18.2 Å². The van der Waals surface area contributed by atoms with Crippen molar-refractivity contribution >= 4 is 50.7 Å². The van der Waals surface area contributed by atoms with Crippen LogP contribution in [-0.2, 0) is 19.1 Å². The molecule has 0 spiro atoms. The van der Waals surface area contributed by atoms with Crippen LogP contribution in [0.25, 0.3) is 10.2 Å². The molecule has 44 heavy (non-hydrogen) atoms. The lowest BCUT2D eigenvalue weighted by atomic mass is 10.0. The van der Waals surface area contributed by atoms with Crippen LogP contribution < -0.4 is 10.1 Å². The van der Waals surface area contributed by atoms with Crippen molar-refractivity contribution in [2.24, 2.45) is 0 Å². The van der Waals surface area contributed by atoms with E-state index in [1.54, 1.807) is 46.4 Å². The number of rotatable bonds is 7. The van der Waals surface area contributed by atoms with E-state index in [4.69, 9.17) is 9.47 Å². The van der Waals surface area contributed by atoms with Gasteiger partial charge in [-0.25, -0.2) is 14.6 Å². The molecule has 4 amide bonds. The van der Waals surface area contributed by atoms with Gasteiger partial charge in [0.05, 0.1) is 16.8 Å². The molecule has 0 radical (unpaired) electrons. The fourth-order valence-corrected chi connectivity index (χ4v) is 5.14. The molecule has 1 N–H and O–H groups in total. The van der Waals surface area contributed by atoms with Gasteiger partial charge in [0.15, 0.2) is 5.13 Å². The van der Waals surface area contributed by atoms with Gasteiger partial charge in [-0.3, -0.25) is 14.5 Å². The first kappa shape index (κ1) is 34.7. The summed E-state index contributed by atoms with van der Waals surface area (Å²) >= 11 is 0.945. The summed E-state index contributed by atoms with van der Waals surface area (Å²) < 4.78 is 52.9. The first-order valence-electron chi connectivity index (χ1n) is 13.9. The number of hydrogen-bond acceptors (Lipinski definition) is 9. The molecule has 2 aromatic rings. The van der Waals surface area contributed by atoms with E-state index in [0.29, 0.717) is 36.1 Å². The largest absolute Gasteiger partial charge is 0.573 e. The van der Waals surface area contributed by atoms with Crippen LogP contribution in [0.5, 0.6) is 5.75 Å². The molecule has 0 atom stereocenters. The van der Waals surface area contributed by atoms with Gasteiger partial charge in [-0.2, -0.15) is 0 Å². The molecule has 1 aromatic heterocycles. The maximum absolute atomic E-state index is 13.2. The van der Waals surface area contributed by atoms with Gasteiger partial charge in [-0.1, -0.05) is 11.3 Å². The zero-order valence-electron chi connectivity index (χ0n) is 25.7. The van der Waals surface area contributed by atoms with Crippen molar-refractivity contribution in [3.63, 3.8) is 0 Å². The highest BCUT2D eigenvalue weighted by molar-refractivity contribution is 7.22. The molecule has 1 aliphatic rings. The molecule has 3 rings (SSSR count). The lowest BCUT2D eigenvalue weighted by molar-refractivity contribution is -0.274. The number of halogens is 3. The first-order valence-corrected chi connectivity index (χ1v) is 14.7. The summed E-state index contributed by atoms with van der Waals surface area (Å²) in [6, 6.07) is 3.21. The van der Waals surface area contributed by atoms with Crippen molar-refractivity contribution in [1.82, 2.24) is 19.7 Å². The van der Waals surface area contributed by atoms with E-state index in [2.05, 4.69) is 15.0 Å². The molecule has 2 heterocycles. The smallest absolute Gasteiger partial charge is 0.444 e. The predicted octanol–water partition coefficient (Wildman–Crippen LogP) is 5.23. The maximum atomic E-state index is 13.2. The number of carbonyl (C=O) groups excluding carboxylic acids is 4. The minimum Gasteiger partial charge on any atom is -0.444 e. The molecule has 12 nitrogen and oxygen atoms in total. The Labute approximate surface area is 257 Å². The van der Waals surface area contributed by atoms with Crippen LogP contribution >= 0.6 is 11.3 Å². The summed E-state index contributed by atoms with van der Waals surface area (Å²) in [5, 5.41) is 2.67. The molecule has 1 aliphatic heterocycles. The second-order valence-electron chi connectivity index (χ2n) is 12.3. The van der Waals surface area contributed by atoms with Crippen molar-refractivity contribution in [2.75, 3.05) is 38.5 Å². The van der Waals surface area contributed by atoms with E-state index >= 15 is 0 Å². The van der Waals surface area contributed by atoms with Gasteiger partial charge in [-0.15, -0.1) is 13.2 Å². The third-order valence-corrected chi connectivity index (χ3v) is 7.07. The number of amides is 4. The number of carbonyl (C=O) groups is 4. The van der Waals surface area contributed by atoms with Crippen LogP contribution in [0.15, 0.2) is 18.2 Å². The minimum atomic E-state index is -4.84. The third kappa shape index (κ3) is 10.7. The van der Waals surface area contributed by atoms with Crippen LogP contribution in [0, 0.1) is 0 Å². The Balaban J connectivity index is 1.62. The Morgan fingerprint density at radius 3 is 2.18 bits per heavy atom. The summed E-state index contributed by atoms with van der Waals surface area (Å²) in [5.74, 6) is -1.54. The summed E-state index contributed by atoms with van der Waals surface area (Å²) in [6.07, 6.45) is -5.21.